The van der Waals surface area contributed by atoms with Gasteiger partial charge in [-0.25, -0.2) is 0 Å². The van der Waals surface area contributed by atoms with E-state index in [9.17, 15) is 4.79 Å². The van der Waals surface area contributed by atoms with E-state index < -0.39 is 0 Å². The second kappa shape index (κ2) is 6.59. The highest BCUT2D eigenvalue weighted by atomic mass is 16.1. The Labute approximate surface area is 109 Å². The zero-order valence-electron chi connectivity index (χ0n) is 11.1. The van der Waals surface area contributed by atoms with E-state index >= 15 is 0 Å². The van der Waals surface area contributed by atoms with Gasteiger partial charge in [-0.2, -0.15) is 0 Å². The summed E-state index contributed by atoms with van der Waals surface area (Å²) < 4.78 is 2.02. The first kappa shape index (κ1) is 13.1. The first-order valence-electron chi connectivity index (χ1n) is 6.98. The molecule has 1 aromatic heterocycles. The topological polar surface area (TPSA) is 46.1 Å². The molecule has 2 N–H and O–H groups in total. The minimum atomic E-state index is 0.0476. The molecule has 4 nitrogen and oxygen atoms in total. The van der Waals surface area contributed by atoms with Crippen LogP contribution in [-0.4, -0.2) is 29.6 Å². The van der Waals surface area contributed by atoms with E-state index in [4.69, 9.17) is 0 Å². The first-order chi connectivity index (χ1) is 8.81. The maximum atomic E-state index is 12.0. The molecule has 1 fully saturated rings. The van der Waals surface area contributed by atoms with Gasteiger partial charge in [0, 0.05) is 25.3 Å². The third-order valence-electron chi connectivity index (χ3n) is 3.47. The van der Waals surface area contributed by atoms with Gasteiger partial charge in [-0.1, -0.05) is 6.92 Å². The molecule has 0 aliphatic carbocycles. The van der Waals surface area contributed by atoms with Gasteiger partial charge >= 0.3 is 0 Å². The second-order valence-corrected chi connectivity index (χ2v) is 4.92. The highest BCUT2D eigenvalue weighted by molar-refractivity contribution is 5.92. The maximum Gasteiger partial charge on any atom is 0.267 e. The van der Waals surface area contributed by atoms with Crippen LogP contribution in [0.15, 0.2) is 18.3 Å². The zero-order valence-corrected chi connectivity index (χ0v) is 11.1. The normalized spacial score (nSPS) is 19.1. The lowest BCUT2D eigenvalue weighted by atomic mass is 10.1. The highest BCUT2D eigenvalue weighted by Crippen LogP contribution is 2.08. The predicted molar refractivity (Wildman–Crippen MR) is 72.7 cm³/mol. The molecule has 0 bridgehead atoms. The fourth-order valence-corrected chi connectivity index (χ4v) is 2.51. The summed E-state index contributed by atoms with van der Waals surface area (Å²) in [6.45, 7) is 4.90. The summed E-state index contributed by atoms with van der Waals surface area (Å²) in [5.41, 5.74) is 0.774. The van der Waals surface area contributed by atoms with Crippen molar-refractivity contribution in [1.29, 1.82) is 0 Å². The third-order valence-corrected chi connectivity index (χ3v) is 3.47. The number of nitrogens with zero attached hydrogens (tertiary/aromatic N) is 1. The molecule has 1 aliphatic heterocycles. The smallest absolute Gasteiger partial charge is 0.267 e. The molecule has 0 radical (unpaired) electrons. The maximum absolute atomic E-state index is 12.0. The monoisotopic (exact) mass is 249 g/mol. The number of hydrogen-bond acceptors (Lipinski definition) is 2. The fraction of sp³-hybridized carbons (Fsp3) is 0.643. The Kier molecular flexibility index (Phi) is 4.81. The average molecular weight is 249 g/mol. The summed E-state index contributed by atoms with van der Waals surface area (Å²) in [6.07, 6.45) is 6.54. The molecule has 0 aromatic carbocycles. The molecule has 1 atom stereocenters. The Morgan fingerprint density at radius 2 is 2.50 bits per heavy atom. The van der Waals surface area contributed by atoms with Crippen LogP contribution in [0.3, 0.4) is 0 Å². The van der Waals surface area contributed by atoms with Gasteiger partial charge < -0.3 is 15.2 Å². The van der Waals surface area contributed by atoms with E-state index in [1.54, 1.807) is 0 Å². The highest BCUT2D eigenvalue weighted by Gasteiger charge is 2.14. The van der Waals surface area contributed by atoms with Gasteiger partial charge in [0.15, 0.2) is 0 Å². The van der Waals surface area contributed by atoms with Crippen LogP contribution in [0.2, 0.25) is 0 Å². The Balaban J connectivity index is 1.77. The minimum absolute atomic E-state index is 0.0476. The minimum Gasteiger partial charge on any atom is -0.351 e. The number of hydrogen-bond donors (Lipinski definition) is 2. The van der Waals surface area contributed by atoms with Crippen molar-refractivity contribution in [2.45, 2.75) is 45.2 Å². The molecule has 0 spiro atoms. The van der Waals surface area contributed by atoms with E-state index in [1.807, 2.05) is 22.9 Å². The predicted octanol–water partition coefficient (Wildman–Crippen LogP) is 1.77. The van der Waals surface area contributed by atoms with E-state index in [0.717, 1.165) is 38.2 Å². The summed E-state index contributed by atoms with van der Waals surface area (Å²) in [5, 5.41) is 6.45. The van der Waals surface area contributed by atoms with Gasteiger partial charge in [0.25, 0.3) is 5.91 Å². The number of carbonyl (C=O) groups is 1. The SMILES string of the molecule is CCCn1cccc1C(=O)NCC[C@H]1CCCN1. The van der Waals surface area contributed by atoms with Crippen LogP contribution in [0.5, 0.6) is 0 Å². The number of aromatic nitrogens is 1. The number of amides is 1. The van der Waals surface area contributed by atoms with Crippen LogP contribution in [0, 0.1) is 0 Å². The number of carbonyl (C=O) groups excluding carboxylic acids is 1. The molecule has 100 valence electrons. The Hall–Kier alpha value is -1.29. The Bertz CT molecular complexity index is 380. The number of aryl methyl sites for hydroxylation is 1. The molecule has 2 heterocycles. The lowest BCUT2D eigenvalue weighted by Gasteiger charge is -2.12. The van der Waals surface area contributed by atoms with E-state index in [0.29, 0.717) is 6.04 Å². The second-order valence-electron chi connectivity index (χ2n) is 4.92. The van der Waals surface area contributed by atoms with Crippen LogP contribution in [0.25, 0.3) is 0 Å². The summed E-state index contributed by atoms with van der Waals surface area (Å²) >= 11 is 0. The van der Waals surface area contributed by atoms with Gasteiger partial charge in [0.2, 0.25) is 0 Å². The van der Waals surface area contributed by atoms with Gasteiger partial charge in [0.1, 0.15) is 5.69 Å². The van der Waals surface area contributed by atoms with Crippen LogP contribution in [0.1, 0.15) is 43.1 Å². The molecule has 18 heavy (non-hydrogen) atoms. The van der Waals surface area contributed by atoms with Gasteiger partial charge in [-0.15, -0.1) is 0 Å². The Morgan fingerprint density at radius 1 is 1.61 bits per heavy atom. The molecule has 1 aliphatic rings. The molecule has 1 amide bonds. The van der Waals surface area contributed by atoms with Crippen molar-refractivity contribution in [3.05, 3.63) is 24.0 Å². The van der Waals surface area contributed by atoms with Crippen molar-refractivity contribution in [3.8, 4) is 0 Å². The van der Waals surface area contributed by atoms with Gasteiger partial charge in [-0.3, -0.25) is 4.79 Å². The third kappa shape index (κ3) is 3.35. The summed E-state index contributed by atoms with van der Waals surface area (Å²) in [7, 11) is 0. The van der Waals surface area contributed by atoms with Crippen molar-refractivity contribution in [3.63, 3.8) is 0 Å². The van der Waals surface area contributed by atoms with Crippen LogP contribution >= 0.6 is 0 Å². The standard InChI is InChI=1S/C14H23N3O/c1-2-10-17-11-4-6-13(17)14(18)16-9-7-12-5-3-8-15-12/h4,6,11-12,15H,2-3,5,7-10H2,1H3,(H,16,18)/t12-/m1/s1. The number of rotatable bonds is 6. The van der Waals surface area contributed by atoms with Gasteiger partial charge in [0.05, 0.1) is 0 Å². The molecule has 1 aromatic rings. The fourth-order valence-electron chi connectivity index (χ4n) is 2.51. The summed E-state index contributed by atoms with van der Waals surface area (Å²) in [6, 6.07) is 4.41. The number of nitrogens with one attached hydrogen (secondary N) is 2. The van der Waals surface area contributed by atoms with E-state index in [2.05, 4.69) is 17.6 Å². The quantitative estimate of drug-likeness (QED) is 0.807. The van der Waals surface area contributed by atoms with Crippen molar-refractivity contribution < 1.29 is 4.79 Å². The largest absolute Gasteiger partial charge is 0.351 e. The molecule has 0 saturated carbocycles. The summed E-state index contributed by atoms with van der Waals surface area (Å²) in [4.78, 5) is 12.0. The van der Waals surface area contributed by atoms with Crippen molar-refractivity contribution in [2.75, 3.05) is 13.1 Å². The molecule has 0 unspecified atom stereocenters. The lowest BCUT2D eigenvalue weighted by Crippen LogP contribution is -2.31. The molecule has 2 rings (SSSR count). The lowest BCUT2D eigenvalue weighted by molar-refractivity contribution is 0.0943. The van der Waals surface area contributed by atoms with Crippen molar-refractivity contribution >= 4 is 5.91 Å². The van der Waals surface area contributed by atoms with Crippen LogP contribution < -0.4 is 10.6 Å². The van der Waals surface area contributed by atoms with Crippen molar-refractivity contribution in [1.82, 2.24) is 15.2 Å². The van der Waals surface area contributed by atoms with E-state index in [-0.39, 0.29) is 5.91 Å². The van der Waals surface area contributed by atoms with Crippen molar-refractivity contribution in [2.24, 2.45) is 0 Å². The van der Waals surface area contributed by atoms with Gasteiger partial charge in [-0.05, 0) is 44.4 Å². The van der Waals surface area contributed by atoms with Crippen LogP contribution in [-0.2, 0) is 6.54 Å². The zero-order chi connectivity index (χ0) is 12.8. The van der Waals surface area contributed by atoms with E-state index in [1.165, 1.54) is 12.8 Å². The average Bonchev–Trinajstić information content (AvgIpc) is 3.00. The molecular formula is C14H23N3O. The molecule has 4 heteroatoms. The summed E-state index contributed by atoms with van der Waals surface area (Å²) in [5.74, 6) is 0.0476. The Morgan fingerprint density at radius 3 is 3.22 bits per heavy atom. The molecular weight excluding hydrogens is 226 g/mol. The van der Waals surface area contributed by atoms with Crippen LogP contribution in [0.4, 0.5) is 0 Å². The first-order valence-corrected chi connectivity index (χ1v) is 6.98. The molecule has 1 saturated heterocycles.